The Bertz CT molecular complexity index is 339. The number of amides is 1. The first-order valence-corrected chi connectivity index (χ1v) is 6.87. The normalized spacial score (nSPS) is 33.2. The molecule has 5 nitrogen and oxygen atoms in total. The molecule has 0 spiro atoms. The average molecular weight is 254 g/mol. The molecular formula is C13H22N2O3. The summed E-state index contributed by atoms with van der Waals surface area (Å²) in [5.41, 5.74) is 4.63. The molecule has 0 aromatic rings. The highest BCUT2D eigenvalue weighted by Gasteiger charge is 2.53. The Morgan fingerprint density at radius 2 is 1.78 bits per heavy atom. The van der Waals surface area contributed by atoms with E-state index in [9.17, 15) is 14.7 Å². The van der Waals surface area contributed by atoms with Crippen LogP contribution in [-0.2, 0) is 9.59 Å². The minimum absolute atomic E-state index is 0.248. The molecule has 18 heavy (non-hydrogen) atoms. The fraction of sp³-hybridized carbons (Fsp3) is 0.846. The van der Waals surface area contributed by atoms with Crippen LogP contribution in [0.15, 0.2) is 0 Å². The summed E-state index contributed by atoms with van der Waals surface area (Å²) in [5, 5.41) is 9.53. The number of aliphatic carboxylic acids is 1. The standard InChI is InChI=1S/C13H22N2O3/c14-10-6-2-3-7-13(10,12(17)18)11(16)15-8-4-1-5-9-15/h10H,1-9,14H2,(H,17,18). The van der Waals surface area contributed by atoms with E-state index in [-0.39, 0.29) is 5.91 Å². The van der Waals surface area contributed by atoms with Crippen molar-refractivity contribution in [2.45, 2.75) is 51.0 Å². The van der Waals surface area contributed by atoms with Crippen molar-refractivity contribution < 1.29 is 14.7 Å². The number of carboxylic acid groups (broad SMARTS) is 1. The predicted molar refractivity (Wildman–Crippen MR) is 66.9 cm³/mol. The van der Waals surface area contributed by atoms with E-state index in [4.69, 9.17) is 5.73 Å². The van der Waals surface area contributed by atoms with Gasteiger partial charge in [-0.25, -0.2) is 0 Å². The van der Waals surface area contributed by atoms with Gasteiger partial charge in [0.15, 0.2) is 5.41 Å². The molecule has 1 heterocycles. The number of carbonyl (C=O) groups excluding carboxylic acids is 1. The number of likely N-dealkylation sites (tertiary alicyclic amines) is 1. The quantitative estimate of drug-likeness (QED) is 0.719. The number of piperidine rings is 1. The van der Waals surface area contributed by atoms with E-state index in [1.165, 1.54) is 0 Å². The highest BCUT2D eigenvalue weighted by molar-refractivity contribution is 6.03. The number of nitrogens with two attached hydrogens (primary N) is 1. The lowest BCUT2D eigenvalue weighted by molar-refractivity contribution is -0.165. The Morgan fingerprint density at radius 1 is 1.11 bits per heavy atom. The van der Waals surface area contributed by atoms with Crippen LogP contribution in [0.2, 0.25) is 0 Å². The minimum atomic E-state index is -1.37. The molecule has 0 aromatic carbocycles. The first-order valence-electron chi connectivity index (χ1n) is 6.87. The first kappa shape index (κ1) is 13.3. The number of rotatable bonds is 2. The second kappa shape index (κ2) is 5.26. The Balaban J connectivity index is 2.23. The molecule has 1 saturated heterocycles. The van der Waals surface area contributed by atoms with Crippen molar-refractivity contribution in [2.75, 3.05) is 13.1 Å². The minimum Gasteiger partial charge on any atom is -0.480 e. The van der Waals surface area contributed by atoms with E-state index in [0.29, 0.717) is 25.9 Å². The number of hydrogen-bond acceptors (Lipinski definition) is 3. The predicted octanol–water partition coefficient (Wildman–Crippen LogP) is 0.971. The van der Waals surface area contributed by atoms with Crippen LogP contribution in [0.3, 0.4) is 0 Å². The van der Waals surface area contributed by atoms with Crippen LogP contribution in [0.5, 0.6) is 0 Å². The molecule has 0 aromatic heterocycles. The lowest BCUT2D eigenvalue weighted by atomic mass is 9.69. The topological polar surface area (TPSA) is 83.6 Å². The van der Waals surface area contributed by atoms with Gasteiger partial charge in [0.1, 0.15) is 0 Å². The van der Waals surface area contributed by atoms with Crippen molar-refractivity contribution in [1.82, 2.24) is 4.90 Å². The van der Waals surface area contributed by atoms with Crippen LogP contribution in [-0.4, -0.2) is 41.0 Å². The van der Waals surface area contributed by atoms with Crippen LogP contribution < -0.4 is 5.73 Å². The average Bonchev–Trinajstić information content (AvgIpc) is 2.39. The van der Waals surface area contributed by atoms with E-state index in [0.717, 1.165) is 32.1 Å². The third kappa shape index (κ3) is 2.11. The summed E-state index contributed by atoms with van der Waals surface area (Å²) in [4.78, 5) is 25.9. The SMILES string of the molecule is NC1CCCCC1(C(=O)O)C(=O)N1CCCCC1. The van der Waals surface area contributed by atoms with Crippen molar-refractivity contribution in [3.63, 3.8) is 0 Å². The van der Waals surface area contributed by atoms with Gasteiger partial charge in [-0.3, -0.25) is 9.59 Å². The monoisotopic (exact) mass is 254 g/mol. The van der Waals surface area contributed by atoms with Crippen molar-refractivity contribution >= 4 is 11.9 Å². The zero-order valence-corrected chi connectivity index (χ0v) is 10.7. The Morgan fingerprint density at radius 3 is 2.33 bits per heavy atom. The summed E-state index contributed by atoms with van der Waals surface area (Å²) in [6.45, 7) is 1.36. The lowest BCUT2D eigenvalue weighted by Gasteiger charge is -2.41. The summed E-state index contributed by atoms with van der Waals surface area (Å²) in [5.74, 6) is -1.29. The molecule has 1 aliphatic heterocycles. The van der Waals surface area contributed by atoms with E-state index in [2.05, 4.69) is 0 Å². The molecule has 102 valence electrons. The molecule has 1 aliphatic carbocycles. The maximum absolute atomic E-state index is 12.6. The maximum Gasteiger partial charge on any atom is 0.320 e. The summed E-state index contributed by atoms with van der Waals surface area (Å²) < 4.78 is 0. The van der Waals surface area contributed by atoms with Crippen molar-refractivity contribution in [1.29, 1.82) is 0 Å². The van der Waals surface area contributed by atoms with E-state index < -0.39 is 17.4 Å². The van der Waals surface area contributed by atoms with Crippen molar-refractivity contribution in [3.8, 4) is 0 Å². The van der Waals surface area contributed by atoms with Gasteiger partial charge in [-0.2, -0.15) is 0 Å². The van der Waals surface area contributed by atoms with E-state index in [1.807, 2.05) is 0 Å². The number of carbonyl (C=O) groups is 2. The van der Waals surface area contributed by atoms with E-state index in [1.54, 1.807) is 4.90 Å². The molecule has 2 rings (SSSR count). The van der Waals surface area contributed by atoms with Crippen LogP contribution in [0.25, 0.3) is 0 Å². The largest absolute Gasteiger partial charge is 0.480 e. The molecule has 0 radical (unpaired) electrons. The molecule has 2 fully saturated rings. The first-order chi connectivity index (χ1) is 8.59. The number of hydrogen-bond donors (Lipinski definition) is 2. The van der Waals surface area contributed by atoms with Crippen LogP contribution in [0.4, 0.5) is 0 Å². The molecule has 1 amide bonds. The zero-order valence-electron chi connectivity index (χ0n) is 10.7. The Hall–Kier alpha value is -1.10. The fourth-order valence-electron chi connectivity index (χ4n) is 3.20. The summed E-state index contributed by atoms with van der Waals surface area (Å²) >= 11 is 0. The molecule has 2 atom stereocenters. The van der Waals surface area contributed by atoms with Gasteiger partial charge in [-0.15, -0.1) is 0 Å². The highest BCUT2D eigenvalue weighted by atomic mass is 16.4. The third-order valence-electron chi connectivity index (χ3n) is 4.38. The summed E-state index contributed by atoms with van der Waals surface area (Å²) in [6.07, 6.45) is 5.77. The van der Waals surface area contributed by atoms with Gasteiger partial charge in [0, 0.05) is 19.1 Å². The van der Waals surface area contributed by atoms with Crippen molar-refractivity contribution in [3.05, 3.63) is 0 Å². The van der Waals surface area contributed by atoms with Crippen LogP contribution in [0, 0.1) is 5.41 Å². The third-order valence-corrected chi connectivity index (χ3v) is 4.38. The van der Waals surface area contributed by atoms with Gasteiger partial charge in [0.2, 0.25) is 5.91 Å². The van der Waals surface area contributed by atoms with E-state index >= 15 is 0 Å². The summed E-state index contributed by atoms with van der Waals surface area (Å²) in [7, 11) is 0. The summed E-state index contributed by atoms with van der Waals surface area (Å²) in [6, 6.07) is -0.543. The van der Waals surface area contributed by atoms with Crippen molar-refractivity contribution in [2.24, 2.45) is 11.1 Å². The number of carboxylic acids is 1. The maximum atomic E-state index is 12.6. The Labute approximate surface area is 107 Å². The molecule has 2 aliphatic rings. The second-order valence-corrected chi connectivity index (χ2v) is 5.48. The molecule has 3 N–H and O–H groups in total. The molecule has 5 heteroatoms. The van der Waals surface area contributed by atoms with Crippen LogP contribution in [0.1, 0.15) is 44.9 Å². The molecule has 2 unspecified atom stereocenters. The van der Waals surface area contributed by atoms with Gasteiger partial charge in [-0.05, 0) is 32.1 Å². The van der Waals surface area contributed by atoms with Gasteiger partial charge >= 0.3 is 5.97 Å². The van der Waals surface area contributed by atoms with Gasteiger partial charge < -0.3 is 15.7 Å². The fourth-order valence-corrected chi connectivity index (χ4v) is 3.20. The Kier molecular flexibility index (Phi) is 3.90. The molecule has 0 bridgehead atoms. The molecular weight excluding hydrogens is 232 g/mol. The number of nitrogens with zero attached hydrogens (tertiary/aromatic N) is 1. The molecule has 1 saturated carbocycles. The van der Waals surface area contributed by atoms with Gasteiger partial charge in [0.25, 0.3) is 0 Å². The van der Waals surface area contributed by atoms with Crippen LogP contribution >= 0.6 is 0 Å². The van der Waals surface area contributed by atoms with Gasteiger partial charge in [-0.1, -0.05) is 12.8 Å². The smallest absolute Gasteiger partial charge is 0.320 e. The highest BCUT2D eigenvalue weighted by Crippen LogP contribution is 2.38. The lowest BCUT2D eigenvalue weighted by Crippen LogP contribution is -2.60. The van der Waals surface area contributed by atoms with Gasteiger partial charge in [0.05, 0.1) is 0 Å². The zero-order chi connectivity index (χ0) is 13.2. The second-order valence-electron chi connectivity index (χ2n) is 5.48.